The monoisotopic (exact) mass is 212 g/mol. The van der Waals surface area contributed by atoms with Crippen LogP contribution in [0.25, 0.3) is 0 Å². The van der Waals surface area contributed by atoms with Crippen LogP contribution >= 0.6 is 0 Å². The predicted molar refractivity (Wildman–Crippen MR) is 57.6 cm³/mol. The molecule has 84 valence electrons. The van der Waals surface area contributed by atoms with Gasteiger partial charge in [-0.3, -0.25) is 0 Å². The summed E-state index contributed by atoms with van der Waals surface area (Å²) in [7, 11) is 3.33. The zero-order valence-corrected chi connectivity index (χ0v) is 8.92. The Morgan fingerprint density at radius 1 is 1.53 bits per heavy atom. The van der Waals surface area contributed by atoms with Crippen LogP contribution in [-0.4, -0.2) is 48.5 Å². The Bertz CT molecular complexity index is 308. The largest absolute Gasteiger partial charge is 0.389 e. The third-order valence-electron chi connectivity index (χ3n) is 1.91. The molecule has 1 heterocycles. The number of hydrogen-bond donors (Lipinski definition) is 2. The number of rotatable bonds is 5. The minimum absolute atomic E-state index is 0.282. The third kappa shape index (κ3) is 3.34. The molecule has 0 aliphatic carbocycles. The lowest BCUT2D eigenvalue weighted by Crippen LogP contribution is -2.32. The number of nitrogens with zero attached hydrogens (tertiary/aromatic N) is 3. The summed E-state index contributed by atoms with van der Waals surface area (Å²) in [5.41, 5.74) is 5.64. The van der Waals surface area contributed by atoms with Crippen molar-refractivity contribution in [3.8, 4) is 0 Å². The summed E-state index contributed by atoms with van der Waals surface area (Å²) in [6.07, 6.45) is 2.52. The Morgan fingerprint density at radius 3 is 2.80 bits per heavy atom. The second-order valence-electron chi connectivity index (χ2n) is 3.25. The molecule has 0 saturated heterocycles. The number of ether oxygens (including phenoxy) is 1. The number of aliphatic hydroxyl groups excluding tert-OH is 1. The Morgan fingerprint density at radius 2 is 2.20 bits per heavy atom. The van der Waals surface area contributed by atoms with Gasteiger partial charge in [0.2, 0.25) is 0 Å². The maximum Gasteiger partial charge on any atom is 0.171 e. The van der Waals surface area contributed by atoms with E-state index in [-0.39, 0.29) is 6.61 Å². The molecule has 6 heteroatoms. The summed E-state index contributed by atoms with van der Waals surface area (Å²) in [6.45, 7) is 0.682. The van der Waals surface area contributed by atoms with Gasteiger partial charge in [-0.2, -0.15) is 0 Å². The Kier molecular flexibility index (Phi) is 4.26. The van der Waals surface area contributed by atoms with Crippen LogP contribution in [0.2, 0.25) is 0 Å². The lowest BCUT2D eigenvalue weighted by Gasteiger charge is -2.21. The van der Waals surface area contributed by atoms with Gasteiger partial charge in [0.1, 0.15) is 0 Å². The van der Waals surface area contributed by atoms with Crippen LogP contribution in [-0.2, 0) is 4.74 Å². The van der Waals surface area contributed by atoms with Gasteiger partial charge in [0, 0.05) is 33.1 Å². The SMILES string of the molecule is COCC(O)CN(C)c1nccnc1N. The van der Waals surface area contributed by atoms with Crippen LogP contribution in [0.1, 0.15) is 0 Å². The van der Waals surface area contributed by atoms with Crippen molar-refractivity contribution in [1.82, 2.24) is 9.97 Å². The summed E-state index contributed by atoms with van der Waals surface area (Å²) in [6, 6.07) is 0. The van der Waals surface area contributed by atoms with E-state index in [2.05, 4.69) is 9.97 Å². The van der Waals surface area contributed by atoms with Crippen molar-refractivity contribution in [2.75, 3.05) is 37.9 Å². The molecule has 1 aromatic heterocycles. The molecule has 0 aliphatic heterocycles. The van der Waals surface area contributed by atoms with E-state index in [1.165, 1.54) is 6.20 Å². The molecule has 0 aromatic carbocycles. The molecular weight excluding hydrogens is 196 g/mol. The molecule has 1 unspecified atom stereocenters. The van der Waals surface area contributed by atoms with Gasteiger partial charge in [-0.1, -0.05) is 0 Å². The molecule has 1 atom stereocenters. The average Bonchev–Trinajstić information content (AvgIpc) is 2.18. The summed E-state index contributed by atoms with van der Waals surface area (Å²) < 4.78 is 4.83. The molecule has 0 fully saturated rings. The van der Waals surface area contributed by atoms with Crippen LogP contribution in [0.4, 0.5) is 11.6 Å². The van der Waals surface area contributed by atoms with Crippen LogP contribution in [0.15, 0.2) is 12.4 Å². The molecule has 3 N–H and O–H groups in total. The van der Waals surface area contributed by atoms with Crippen molar-refractivity contribution in [1.29, 1.82) is 0 Å². The quantitative estimate of drug-likeness (QED) is 0.684. The van der Waals surface area contributed by atoms with Crippen molar-refractivity contribution in [3.63, 3.8) is 0 Å². The van der Waals surface area contributed by atoms with E-state index in [0.29, 0.717) is 18.2 Å². The van der Waals surface area contributed by atoms with Gasteiger partial charge in [-0.05, 0) is 0 Å². The molecule has 1 rings (SSSR count). The molecule has 0 amide bonds. The number of nitrogens with two attached hydrogens (primary N) is 1. The fourth-order valence-corrected chi connectivity index (χ4v) is 1.28. The molecule has 0 bridgehead atoms. The van der Waals surface area contributed by atoms with Crippen molar-refractivity contribution >= 4 is 11.6 Å². The Balaban J connectivity index is 2.61. The van der Waals surface area contributed by atoms with Gasteiger partial charge in [0.15, 0.2) is 11.6 Å². The normalized spacial score (nSPS) is 12.5. The third-order valence-corrected chi connectivity index (χ3v) is 1.91. The van der Waals surface area contributed by atoms with Gasteiger partial charge in [0.05, 0.1) is 12.7 Å². The average molecular weight is 212 g/mol. The lowest BCUT2D eigenvalue weighted by atomic mass is 10.3. The Hall–Kier alpha value is -1.40. The van der Waals surface area contributed by atoms with Crippen molar-refractivity contribution in [3.05, 3.63) is 12.4 Å². The first-order valence-electron chi connectivity index (χ1n) is 4.59. The molecule has 6 nitrogen and oxygen atoms in total. The fourth-order valence-electron chi connectivity index (χ4n) is 1.28. The van der Waals surface area contributed by atoms with E-state index < -0.39 is 6.10 Å². The summed E-state index contributed by atoms with van der Waals surface area (Å²) >= 11 is 0. The van der Waals surface area contributed by atoms with E-state index in [9.17, 15) is 5.11 Å². The Labute approximate surface area is 88.7 Å². The van der Waals surface area contributed by atoms with E-state index in [1.54, 1.807) is 25.3 Å². The first-order chi connectivity index (χ1) is 7.15. The zero-order valence-electron chi connectivity index (χ0n) is 8.92. The number of methoxy groups -OCH3 is 1. The highest BCUT2D eigenvalue weighted by atomic mass is 16.5. The number of aromatic nitrogens is 2. The second-order valence-corrected chi connectivity index (χ2v) is 3.25. The first-order valence-corrected chi connectivity index (χ1v) is 4.59. The zero-order chi connectivity index (χ0) is 11.3. The van der Waals surface area contributed by atoms with Crippen LogP contribution in [0, 0.1) is 0 Å². The highest BCUT2D eigenvalue weighted by Gasteiger charge is 2.12. The van der Waals surface area contributed by atoms with Gasteiger partial charge in [-0.25, -0.2) is 9.97 Å². The molecule has 15 heavy (non-hydrogen) atoms. The van der Waals surface area contributed by atoms with Crippen LogP contribution < -0.4 is 10.6 Å². The number of anilines is 2. The van der Waals surface area contributed by atoms with Gasteiger partial charge in [-0.15, -0.1) is 0 Å². The minimum Gasteiger partial charge on any atom is -0.389 e. The standard InChI is InChI=1S/C9H16N4O2/c1-13(5-7(14)6-15-2)9-8(10)11-3-4-12-9/h3-4,7,14H,5-6H2,1-2H3,(H2,10,11). The number of likely N-dealkylation sites (N-methyl/N-ethyl adjacent to an activating group) is 1. The maximum absolute atomic E-state index is 9.52. The second kappa shape index (κ2) is 5.47. The van der Waals surface area contributed by atoms with E-state index >= 15 is 0 Å². The van der Waals surface area contributed by atoms with Gasteiger partial charge in [0.25, 0.3) is 0 Å². The van der Waals surface area contributed by atoms with E-state index in [1.807, 2.05) is 0 Å². The topological polar surface area (TPSA) is 84.5 Å². The van der Waals surface area contributed by atoms with Crippen LogP contribution in [0.5, 0.6) is 0 Å². The first kappa shape index (κ1) is 11.7. The summed E-state index contributed by atoms with van der Waals surface area (Å²) in [5, 5.41) is 9.52. The van der Waals surface area contributed by atoms with Gasteiger partial charge < -0.3 is 20.5 Å². The molecular formula is C9H16N4O2. The molecule has 0 aliphatic rings. The van der Waals surface area contributed by atoms with Gasteiger partial charge >= 0.3 is 0 Å². The lowest BCUT2D eigenvalue weighted by molar-refractivity contribution is 0.0694. The summed E-state index contributed by atoms with van der Waals surface area (Å²) in [4.78, 5) is 9.73. The fraction of sp³-hybridized carbons (Fsp3) is 0.556. The molecule has 0 saturated carbocycles. The predicted octanol–water partition coefficient (Wildman–Crippen LogP) is -0.498. The van der Waals surface area contributed by atoms with E-state index in [0.717, 1.165) is 0 Å². The number of aliphatic hydroxyl groups is 1. The highest BCUT2D eigenvalue weighted by Crippen LogP contribution is 2.14. The van der Waals surface area contributed by atoms with Crippen molar-refractivity contribution in [2.24, 2.45) is 0 Å². The molecule has 0 radical (unpaired) electrons. The van der Waals surface area contributed by atoms with E-state index in [4.69, 9.17) is 10.5 Å². The summed E-state index contributed by atoms with van der Waals surface area (Å²) in [5.74, 6) is 0.914. The minimum atomic E-state index is -0.568. The molecule has 0 spiro atoms. The van der Waals surface area contributed by atoms with Crippen LogP contribution in [0.3, 0.4) is 0 Å². The smallest absolute Gasteiger partial charge is 0.171 e. The van der Waals surface area contributed by atoms with Crippen molar-refractivity contribution < 1.29 is 9.84 Å². The van der Waals surface area contributed by atoms with Crippen molar-refractivity contribution in [2.45, 2.75) is 6.10 Å². The highest BCUT2D eigenvalue weighted by molar-refractivity contribution is 5.56. The number of nitrogen functional groups attached to an aromatic ring is 1. The number of hydrogen-bond acceptors (Lipinski definition) is 6. The molecule has 1 aromatic rings. The maximum atomic E-state index is 9.52.